The van der Waals surface area contributed by atoms with Gasteiger partial charge in [-0.05, 0) is 32.8 Å². The number of aryl methyl sites for hydroxylation is 1. The fourth-order valence-corrected chi connectivity index (χ4v) is 2.35. The first-order chi connectivity index (χ1) is 5.25. The molecule has 1 heterocycles. The van der Waals surface area contributed by atoms with Crippen molar-refractivity contribution in [2.45, 2.75) is 11.7 Å². The Hall–Kier alpha value is -0.460. The van der Waals surface area contributed by atoms with Gasteiger partial charge in [0.1, 0.15) is 0 Å². The summed E-state index contributed by atoms with van der Waals surface area (Å²) in [6.07, 6.45) is 0. The molecular weight excluding hydrogens is 173 g/mol. The first-order valence-corrected chi connectivity index (χ1v) is 4.75. The molecule has 0 saturated heterocycles. The summed E-state index contributed by atoms with van der Waals surface area (Å²) in [5.74, 6) is 0. The standard InChI is InChI=1S/C8H8NPS/c1-5-2-3-7-6(4-5)9-8(11)10-7/h2-4,9,11H,1H3. The molecule has 2 aromatic rings. The van der Waals surface area contributed by atoms with E-state index in [0.717, 1.165) is 4.76 Å². The van der Waals surface area contributed by atoms with Crippen molar-refractivity contribution in [2.75, 3.05) is 0 Å². The highest BCUT2D eigenvalue weighted by molar-refractivity contribution is 7.84. The smallest absolute Gasteiger partial charge is 0.0976 e. The molecule has 1 aromatic heterocycles. The second kappa shape index (κ2) is 2.54. The SMILES string of the molecule is Cc1ccc2pc(S)[nH]c2c1. The minimum absolute atomic E-state index is 1.02. The first-order valence-electron chi connectivity index (χ1n) is 3.41. The van der Waals surface area contributed by atoms with E-state index in [1.807, 2.05) is 0 Å². The largest absolute Gasteiger partial charge is 0.346 e. The highest BCUT2D eigenvalue weighted by Gasteiger charge is 1.96. The Morgan fingerprint density at radius 2 is 2.27 bits per heavy atom. The number of H-pyrrole nitrogens is 1. The normalized spacial score (nSPS) is 11.5. The number of hydrogen-bond acceptors (Lipinski definition) is 1. The number of nitrogens with one attached hydrogen (secondary N) is 1. The van der Waals surface area contributed by atoms with Gasteiger partial charge in [-0.2, -0.15) is 0 Å². The number of benzene rings is 1. The van der Waals surface area contributed by atoms with Crippen molar-refractivity contribution in [1.29, 1.82) is 0 Å². The lowest BCUT2D eigenvalue weighted by atomic mass is 10.2. The van der Waals surface area contributed by atoms with Crippen molar-refractivity contribution >= 4 is 31.5 Å². The van der Waals surface area contributed by atoms with Crippen molar-refractivity contribution < 1.29 is 0 Å². The average Bonchev–Trinajstić information content (AvgIpc) is 2.27. The van der Waals surface area contributed by atoms with E-state index < -0.39 is 0 Å². The predicted molar refractivity (Wildman–Crippen MR) is 52.8 cm³/mol. The van der Waals surface area contributed by atoms with Gasteiger partial charge in [0.25, 0.3) is 0 Å². The molecule has 0 atom stereocenters. The van der Waals surface area contributed by atoms with Gasteiger partial charge in [-0.15, -0.1) is 12.6 Å². The Bertz CT molecular complexity index is 394. The molecule has 56 valence electrons. The van der Waals surface area contributed by atoms with Crippen LogP contribution in [0.2, 0.25) is 0 Å². The van der Waals surface area contributed by atoms with Crippen LogP contribution in [0.4, 0.5) is 0 Å². The summed E-state index contributed by atoms with van der Waals surface area (Å²) in [7, 11) is 1.19. The third-order valence-corrected chi connectivity index (χ3v) is 2.99. The fraction of sp³-hybridized carbons (Fsp3) is 0.125. The summed E-state index contributed by atoms with van der Waals surface area (Å²) < 4.78 is 1.02. The number of thiol groups is 1. The monoisotopic (exact) mass is 181 g/mol. The van der Waals surface area contributed by atoms with Crippen LogP contribution in [-0.4, -0.2) is 4.98 Å². The zero-order valence-corrected chi connectivity index (χ0v) is 7.92. The zero-order valence-electron chi connectivity index (χ0n) is 6.13. The summed E-state index contributed by atoms with van der Waals surface area (Å²) in [6.45, 7) is 2.09. The molecular formula is C8H8NPS. The van der Waals surface area contributed by atoms with Gasteiger partial charge in [-0.3, -0.25) is 0 Å². The number of rotatable bonds is 0. The predicted octanol–water partition coefficient (Wildman–Crippen LogP) is 3.35. The van der Waals surface area contributed by atoms with Gasteiger partial charge in [0.2, 0.25) is 0 Å². The van der Waals surface area contributed by atoms with E-state index in [-0.39, 0.29) is 0 Å². The van der Waals surface area contributed by atoms with Crippen LogP contribution < -0.4 is 0 Å². The molecule has 0 spiro atoms. The molecule has 0 radical (unpaired) electrons. The average molecular weight is 181 g/mol. The quantitative estimate of drug-likeness (QED) is 0.580. The van der Waals surface area contributed by atoms with E-state index in [9.17, 15) is 0 Å². The molecule has 1 aromatic carbocycles. The van der Waals surface area contributed by atoms with Crippen LogP contribution in [0.1, 0.15) is 5.56 Å². The third-order valence-electron chi connectivity index (χ3n) is 1.62. The molecule has 0 bridgehead atoms. The lowest BCUT2D eigenvalue weighted by Crippen LogP contribution is -1.70. The van der Waals surface area contributed by atoms with Gasteiger partial charge in [0.15, 0.2) is 0 Å². The van der Waals surface area contributed by atoms with Crippen LogP contribution in [0.3, 0.4) is 0 Å². The molecule has 3 heteroatoms. The summed E-state index contributed by atoms with van der Waals surface area (Å²) in [6, 6.07) is 6.41. The Balaban J connectivity index is 2.82. The zero-order chi connectivity index (χ0) is 7.84. The van der Waals surface area contributed by atoms with Crippen LogP contribution >= 0.6 is 20.8 Å². The van der Waals surface area contributed by atoms with E-state index in [4.69, 9.17) is 0 Å². The van der Waals surface area contributed by atoms with Crippen LogP contribution in [-0.2, 0) is 0 Å². The van der Waals surface area contributed by atoms with Gasteiger partial charge in [-0.25, -0.2) is 0 Å². The number of fused-ring (bicyclic) bond motifs is 1. The molecule has 0 unspecified atom stereocenters. The maximum Gasteiger partial charge on any atom is 0.0976 e. The molecule has 0 amide bonds. The minimum Gasteiger partial charge on any atom is -0.346 e. The molecule has 1 N–H and O–H groups in total. The van der Waals surface area contributed by atoms with E-state index in [2.05, 4.69) is 42.7 Å². The minimum atomic E-state index is 1.02. The lowest BCUT2D eigenvalue weighted by Gasteiger charge is -1.90. The summed E-state index contributed by atoms with van der Waals surface area (Å²) in [5, 5.41) is 1.32. The molecule has 0 saturated carbocycles. The highest BCUT2D eigenvalue weighted by atomic mass is 32.1. The maximum absolute atomic E-state index is 4.26. The van der Waals surface area contributed by atoms with E-state index in [1.165, 1.54) is 24.4 Å². The Morgan fingerprint density at radius 3 is 3.09 bits per heavy atom. The van der Waals surface area contributed by atoms with Crippen molar-refractivity contribution in [3.8, 4) is 0 Å². The summed E-state index contributed by atoms with van der Waals surface area (Å²) in [4.78, 5) is 3.21. The van der Waals surface area contributed by atoms with E-state index in [0.29, 0.717) is 0 Å². The van der Waals surface area contributed by atoms with Crippen LogP contribution in [0.25, 0.3) is 10.6 Å². The first kappa shape index (κ1) is 7.20. The Labute approximate surface area is 72.3 Å². The highest BCUT2D eigenvalue weighted by Crippen LogP contribution is 2.29. The summed E-state index contributed by atoms with van der Waals surface area (Å²) >= 11 is 4.26. The fourth-order valence-electron chi connectivity index (χ4n) is 1.11. The lowest BCUT2D eigenvalue weighted by molar-refractivity contribution is 1.31. The van der Waals surface area contributed by atoms with Crippen molar-refractivity contribution in [3.05, 3.63) is 23.8 Å². The topological polar surface area (TPSA) is 15.8 Å². The second-order valence-electron chi connectivity index (χ2n) is 2.58. The molecule has 0 aliphatic rings. The number of aromatic nitrogens is 1. The molecule has 11 heavy (non-hydrogen) atoms. The van der Waals surface area contributed by atoms with Gasteiger partial charge in [-0.1, -0.05) is 6.07 Å². The maximum atomic E-state index is 4.26. The van der Waals surface area contributed by atoms with Crippen molar-refractivity contribution in [3.63, 3.8) is 0 Å². The van der Waals surface area contributed by atoms with Crippen molar-refractivity contribution in [2.24, 2.45) is 0 Å². The molecule has 1 nitrogen and oxygen atoms in total. The third kappa shape index (κ3) is 1.29. The second-order valence-corrected chi connectivity index (χ2v) is 4.53. The molecule has 0 aliphatic heterocycles. The van der Waals surface area contributed by atoms with Crippen LogP contribution in [0, 0.1) is 6.92 Å². The number of hydrogen-bond donors (Lipinski definition) is 2. The summed E-state index contributed by atoms with van der Waals surface area (Å²) in [5.41, 5.74) is 2.49. The number of aromatic amines is 1. The molecule has 0 aliphatic carbocycles. The van der Waals surface area contributed by atoms with Gasteiger partial charge >= 0.3 is 0 Å². The van der Waals surface area contributed by atoms with E-state index in [1.54, 1.807) is 0 Å². The van der Waals surface area contributed by atoms with Gasteiger partial charge in [0.05, 0.1) is 10.3 Å². The molecule has 0 fully saturated rings. The van der Waals surface area contributed by atoms with Crippen LogP contribution in [0.5, 0.6) is 0 Å². The Morgan fingerprint density at radius 1 is 1.45 bits per heavy atom. The Kier molecular flexibility index (Phi) is 1.67. The van der Waals surface area contributed by atoms with Gasteiger partial charge in [0, 0.05) is 5.12 Å². The molecule has 2 rings (SSSR count). The van der Waals surface area contributed by atoms with E-state index >= 15 is 0 Å². The van der Waals surface area contributed by atoms with Crippen LogP contribution in [0.15, 0.2) is 23.0 Å². The van der Waals surface area contributed by atoms with Crippen molar-refractivity contribution in [1.82, 2.24) is 4.98 Å². The van der Waals surface area contributed by atoms with Gasteiger partial charge < -0.3 is 4.98 Å².